The van der Waals surface area contributed by atoms with E-state index in [1.807, 2.05) is 0 Å². The number of aliphatic hydroxyl groups is 1. The molecule has 0 radical (unpaired) electrons. The molecule has 2 rings (SSSR count). The Labute approximate surface area is 86.5 Å². The first-order chi connectivity index (χ1) is 7.15. The Morgan fingerprint density at radius 3 is 3.07 bits per heavy atom. The summed E-state index contributed by atoms with van der Waals surface area (Å²) in [5, 5.41) is 13.1. The van der Waals surface area contributed by atoms with Crippen LogP contribution >= 0.6 is 0 Å². The first kappa shape index (κ1) is 9.91. The molecular weight excluding hydrogens is 198 g/mol. The molecule has 0 bridgehead atoms. The molecule has 1 unspecified atom stereocenters. The van der Waals surface area contributed by atoms with E-state index in [-0.39, 0.29) is 18.4 Å². The van der Waals surface area contributed by atoms with Crippen molar-refractivity contribution in [3.05, 3.63) is 6.33 Å². The molecule has 1 aromatic rings. The average Bonchev–Trinajstić information content (AvgIpc) is 2.75. The number of hydrogen-bond acceptors (Lipinski definition) is 5. The van der Waals surface area contributed by atoms with Crippen LogP contribution in [0.3, 0.4) is 0 Å². The highest BCUT2D eigenvalue weighted by atomic mass is 16.3. The minimum absolute atomic E-state index is 0.0727. The van der Waals surface area contributed by atoms with Gasteiger partial charge in [-0.3, -0.25) is 4.79 Å². The Morgan fingerprint density at radius 2 is 2.53 bits per heavy atom. The van der Waals surface area contributed by atoms with Crippen LogP contribution in [0.15, 0.2) is 6.33 Å². The summed E-state index contributed by atoms with van der Waals surface area (Å²) in [7, 11) is 0. The highest BCUT2D eigenvalue weighted by Gasteiger charge is 2.24. The van der Waals surface area contributed by atoms with Crippen molar-refractivity contribution in [1.29, 1.82) is 0 Å². The number of amides is 1. The van der Waals surface area contributed by atoms with Crippen LogP contribution in [0.1, 0.15) is 6.42 Å². The van der Waals surface area contributed by atoms with E-state index >= 15 is 0 Å². The van der Waals surface area contributed by atoms with Crippen LogP contribution in [0, 0.1) is 0 Å². The summed E-state index contributed by atoms with van der Waals surface area (Å²) in [6, 6.07) is 0. The zero-order valence-corrected chi connectivity index (χ0v) is 8.20. The van der Waals surface area contributed by atoms with Crippen LogP contribution in [0.25, 0.3) is 0 Å². The molecule has 0 aromatic carbocycles. The van der Waals surface area contributed by atoms with Gasteiger partial charge in [0.05, 0.1) is 6.10 Å². The predicted octanol–water partition coefficient (Wildman–Crippen LogP) is -1.55. The molecule has 1 aromatic heterocycles. The van der Waals surface area contributed by atoms with Crippen LogP contribution in [0.5, 0.6) is 0 Å². The van der Waals surface area contributed by atoms with E-state index in [2.05, 4.69) is 10.1 Å². The molecule has 1 saturated heterocycles. The number of aromatic nitrogens is 3. The third-order valence-corrected chi connectivity index (χ3v) is 2.37. The average molecular weight is 211 g/mol. The maximum Gasteiger partial charge on any atom is 0.244 e. The summed E-state index contributed by atoms with van der Waals surface area (Å²) < 4.78 is 1.39. The summed E-state index contributed by atoms with van der Waals surface area (Å²) in [5.41, 5.74) is 5.32. The second-order valence-corrected chi connectivity index (χ2v) is 3.58. The van der Waals surface area contributed by atoms with Gasteiger partial charge in [-0.25, -0.2) is 9.67 Å². The molecule has 1 aliphatic rings. The lowest BCUT2D eigenvalue weighted by molar-refractivity contribution is -0.131. The van der Waals surface area contributed by atoms with E-state index in [4.69, 9.17) is 5.73 Å². The van der Waals surface area contributed by atoms with E-state index in [0.717, 1.165) is 0 Å². The molecule has 7 nitrogen and oxygen atoms in total. The Kier molecular flexibility index (Phi) is 2.55. The fourth-order valence-electron chi connectivity index (χ4n) is 1.59. The largest absolute Gasteiger partial charge is 0.391 e. The summed E-state index contributed by atoms with van der Waals surface area (Å²) in [5.74, 6) is 0.0840. The first-order valence-corrected chi connectivity index (χ1v) is 4.76. The maximum absolute atomic E-state index is 11.7. The van der Waals surface area contributed by atoms with Crippen LogP contribution in [-0.2, 0) is 11.3 Å². The number of nitrogens with two attached hydrogens (primary N) is 1. The van der Waals surface area contributed by atoms with Gasteiger partial charge in [-0.2, -0.15) is 0 Å². The van der Waals surface area contributed by atoms with Crippen molar-refractivity contribution >= 4 is 11.9 Å². The van der Waals surface area contributed by atoms with Gasteiger partial charge in [-0.15, -0.1) is 5.10 Å². The van der Waals surface area contributed by atoms with E-state index in [9.17, 15) is 9.90 Å². The molecule has 0 saturated carbocycles. The molecule has 1 amide bonds. The zero-order chi connectivity index (χ0) is 10.8. The molecule has 3 N–H and O–H groups in total. The minimum atomic E-state index is -0.394. The van der Waals surface area contributed by atoms with Crippen molar-refractivity contribution in [2.45, 2.75) is 19.1 Å². The lowest BCUT2D eigenvalue weighted by atomic mass is 10.3. The van der Waals surface area contributed by atoms with Crippen molar-refractivity contribution in [2.24, 2.45) is 0 Å². The third kappa shape index (κ3) is 2.24. The van der Waals surface area contributed by atoms with E-state index < -0.39 is 6.10 Å². The number of rotatable bonds is 2. The Hall–Kier alpha value is -1.63. The monoisotopic (exact) mass is 211 g/mol. The molecule has 1 atom stereocenters. The Morgan fingerprint density at radius 1 is 1.73 bits per heavy atom. The van der Waals surface area contributed by atoms with Gasteiger partial charge in [0, 0.05) is 13.1 Å². The molecule has 15 heavy (non-hydrogen) atoms. The topological polar surface area (TPSA) is 97.3 Å². The fraction of sp³-hybridized carbons (Fsp3) is 0.625. The van der Waals surface area contributed by atoms with Gasteiger partial charge in [0.15, 0.2) is 0 Å². The molecule has 0 aliphatic carbocycles. The quantitative estimate of drug-likeness (QED) is 0.617. The SMILES string of the molecule is Nc1ncn(CC(=O)N2CCC(O)C2)n1. The molecular formula is C8H13N5O2. The summed E-state index contributed by atoms with van der Waals surface area (Å²) in [6.07, 6.45) is 1.67. The van der Waals surface area contributed by atoms with Crippen LogP contribution in [0.4, 0.5) is 5.95 Å². The number of hydrogen-bond donors (Lipinski definition) is 2. The van der Waals surface area contributed by atoms with Crippen LogP contribution in [-0.4, -0.2) is 49.9 Å². The summed E-state index contributed by atoms with van der Waals surface area (Å²) in [4.78, 5) is 17.0. The van der Waals surface area contributed by atoms with Crippen LogP contribution < -0.4 is 5.73 Å². The van der Waals surface area contributed by atoms with Crippen molar-refractivity contribution in [3.63, 3.8) is 0 Å². The molecule has 0 spiro atoms. The molecule has 82 valence electrons. The molecule has 2 heterocycles. The maximum atomic E-state index is 11.7. The predicted molar refractivity (Wildman–Crippen MR) is 51.6 cm³/mol. The minimum Gasteiger partial charge on any atom is -0.391 e. The van der Waals surface area contributed by atoms with Gasteiger partial charge in [0.1, 0.15) is 12.9 Å². The highest BCUT2D eigenvalue weighted by Crippen LogP contribution is 2.09. The number of anilines is 1. The fourth-order valence-corrected chi connectivity index (χ4v) is 1.59. The number of β-amino-alcohol motifs (C(OH)–C–C–N with tert-alkyl or cyclic N) is 1. The smallest absolute Gasteiger partial charge is 0.244 e. The first-order valence-electron chi connectivity index (χ1n) is 4.76. The number of nitrogens with zero attached hydrogens (tertiary/aromatic N) is 4. The number of carbonyl (C=O) groups excluding carboxylic acids is 1. The van der Waals surface area contributed by atoms with Gasteiger partial charge in [-0.05, 0) is 6.42 Å². The summed E-state index contributed by atoms with van der Waals surface area (Å²) in [6.45, 7) is 1.13. The van der Waals surface area contributed by atoms with Crippen molar-refractivity contribution in [1.82, 2.24) is 19.7 Å². The highest BCUT2D eigenvalue weighted by molar-refractivity contribution is 5.76. The normalized spacial score (nSPS) is 20.9. The van der Waals surface area contributed by atoms with E-state index in [1.54, 1.807) is 4.90 Å². The third-order valence-electron chi connectivity index (χ3n) is 2.37. The zero-order valence-electron chi connectivity index (χ0n) is 8.20. The lowest BCUT2D eigenvalue weighted by Crippen LogP contribution is -2.32. The molecule has 1 aliphatic heterocycles. The van der Waals surface area contributed by atoms with Gasteiger partial charge in [0.2, 0.25) is 11.9 Å². The second kappa shape index (κ2) is 3.85. The Balaban J connectivity index is 1.92. The van der Waals surface area contributed by atoms with Crippen LogP contribution in [0.2, 0.25) is 0 Å². The van der Waals surface area contributed by atoms with Crippen molar-refractivity contribution in [2.75, 3.05) is 18.8 Å². The summed E-state index contributed by atoms with van der Waals surface area (Å²) >= 11 is 0. The second-order valence-electron chi connectivity index (χ2n) is 3.58. The van der Waals surface area contributed by atoms with Gasteiger partial charge >= 0.3 is 0 Å². The van der Waals surface area contributed by atoms with Gasteiger partial charge in [0.25, 0.3) is 0 Å². The number of nitrogen functional groups attached to an aromatic ring is 1. The van der Waals surface area contributed by atoms with Crippen molar-refractivity contribution < 1.29 is 9.90 Å². The van der Waals surface area contributed by atoms with E-state index in [0.29, 0.717) is 19.5 Å². The number of aliphatic hydroxyl groups excluding tert-OH is 1. The van der Waals surface area contributed by atoms with Gasteiger partial charge < -0.3 is 15.7 Å². The molecule has 7 heteroatoms. The van der Waals surface area contributed by atoms with E-state index in [1.165, 1.54) is 11.0 Å². The van der Waals surface area contributed by atoms with Crippen molar-refractivity contribution in [3.8, 4) is 0 Å². The standard InChI is InChI=1S/C8H13N5O2/c9-8-10-5-13(11-8)4-7(15)12-2-1-6(14)3-12/h5-6,14H,1-4H2,(H2,9,11). The molecule has 1 fully saturated rings. The number of carbonyl (C=O) groups is 1. The number of likely N-dealkylation sites (tertiary alicyclic amines) is 1. The van der Waals surface area contributed by atoms with Gasteiger partial charge in [-0.1, -0.05) is 0 Å². The Bertz CT molecular complexity index is 364. The lowest BCUT2D eigenvalue weighted by Gasteiger charge is -2.14.